The molecule has 4 saturated carbocycles. The molecule has 0 amide bonds. The van der Waals surface area contributed by atoms with Crippen LogP contribution in [0.15, 0.2) is 0 Å². The van der Waals surface area contributed by atoms with Crippen LogP contribution in [0.1, 0.15) is 85.5 Å². The molecule has 0 radical (unpaired) electrons. The van der Waals surface area contributed by atoms with E-state index < -0.39 is 98.4 Å². The summed E-state index contributed by atoms with van der Waals surface area (Å²) in [6.07, 6.45) is -12.5. The summed E-state index contributed by atoms with van der Waals surface area (Å²) in [5, 5.41) is 84.3. The van der Waals surface area contributed by atoms with Crippen LogP contribution in [0.25, 0.3) is 0 Å². The lowest BCUT2D eigenvalue weighted by Crippen LogP contribution is -2.64. The molecular formula is C43H68O17. The first kappa shape index (κ1) is 44.2. The van der Waals surface area contributed by atoms with Crippen molar-refractivity contribution in [3.63, 3.8) is 0 Å². The minimum atomic E-state index is -1.71. The number of aliphatic hydroxyl groups is 8. The van der Waals surface area contributed by atoms with Crippen molar-refractivity contribution in [1.29, 1.82) is 0 Å². The third-order valence-corrected chi connectivity index (χ3v) is 17.3. The van der Waals surface area contributed by atoms with E-state index in [0.29, 0.717) is 48.9 Å². The number of carbonyl (C=O) groups is 1. The number of aliphatic hydroxyl groups excluding tert-OH is 8. The molecule has 6 unspecified atom stereocenters. The first-order valence-corrected chi connectivity index (χ1v) is 22.6. The van der Waals surface area contributed by atoms with Crippen LogP contribution in [0.5, 0.6) is 0 Å². The monoisotopic (exact) mass is 856 g/mol. The topological polar surface area (TPSA) is 253 Å². The molecule has 9 aliphatic rings. The second-order valence-electron chi connectivity index (χ2n) is 20.6. The van der Waals surface area contributed by atoms with Crippen molar-refractivity contribution in [3.8, 4) is 0 Å². The van der Waals surface area contributed by atoms with E-state index in [1.54, 1.807) is 0 Å². The summed E-state index contributed by atoms with van der Waals surface area (Å²) in [5.41, 5.74) is -0.152. The van der Waals surface area contributed by atoms with Crippen LogP contribution in [0.4, 0.5) is 0 Å². The Labute approximate surface area is 350 Å². The lowest BCUT2D eigenvalue weighted by atomic mass is 9.44. The maximum Gasteiger partial charge on any atom is 0.186 e. The molecule has 4 aliphatic carbocycles. The summed E-state index contributed by atoms with van der Waals surface area (Å²) in [7, 11) is 0. The van der Waals surface area contributed by atoms with Gasteiger partial charge in [0.25, 0.3) is 0 Å². The van der Waals surface area contributed by atoms with E-state index in [0.717, 1.165) is 45.1 Å². The normalized spacial score (nSPS) is 58.0. The molecule has 60 heavy (non-hydrogen) atoms. The van der Waals surface area contributed by atoms with E-state index in [4.69, 9.17) is 37.9 Å². The Balaban J connectivity index is 0.871. The highest BCUT2D eigenvalue weighted by atomic mass is 16.8. The van der Waals surface area contributed by atoms with Crippen LogP contribution in [0.3, 0.4) is 0 Å². The Hall–Kier alpha value is -0.970. The van der Waals surface area contributed by atoms with Gasteiger partial charge >= 0.3 is 0 Å². The molecular weight excluding hydrogens is 788 g/mol. The summed E-state index contributed by atoms with van der Waals surface area (Å²) in [6.45, 7) is 8.90. The van der Waals surface area contributed by atoms with Crippen LogP contribution in [-0.4, -0.2) is 171 Å². The molecule has 5 aliphatic heterocycles. The quantitative estimate of drug-likeness (QED) is 0.153. The molecule has 0 aromatic carbocycles. The highest BCUT2D eigenvalue weighted by Crippen LogP contribution is 2.71. The predicted molar refractivity (Wildman–Crippen MR) is 204 cm³/mol. The Kier molecular flexibility index (Phi) is 12.1. The summed E-state index contributed by atoms with van der Waals surface area (Å²) < 4.78 is 48.5. The highest BCUT2D eigenvalue weighted by molar-refractivity contribution is 5.83. The van der Waals surface area contributed by atoms with Gasteiger partial charge in [-0.3, -0.25) is 4.79 Å². The first-order valence-electron chi connectivity index (χ1n) is 22.6. The zero-order valence-corrected chi connectivity index (χ0v) is 35.1. The van der Waals surface area contributed by atoms with Crippen LogP contribution < -0.4 is 0 Å². The van der Waals surface area contributed by atoms with Crippen LogP contribution in [-0.2, 0) is 42.7 Å². The van der Waals surface area contributed by atoms with Crippen molar-refractivity contribution in [2.45, 2.75) is 183 Å². The van der Waals surface area contributed by atoms with Gasteiger partial charge in [-0.05, 0) is 85.4 Å². The van der Waals surface area contributed by atoms with Gasteiger partial charge in [-0.1, -0.05) is 27.7 Å². The fourth-order valence-corrected chi connectivity index (χ4v) is 13.8. The van der Waals surface area contributed by atoms with Gasteiger partial charge in [0.15, 0.2) is 24.7 Å². The maximum atomic E-state index is 14.4. The summed E-state index contributed by atoms with van der Waals surface area (Å²) in [4.78, 5) is 14.4. The fourth-order valence-electron chi connectivity index (χ4n) is 13.8. The van der Waals surface area contributed by atoms with E-state index in [-0.39, 0.29) is 47.8 Å². The van der Waals surface area contributed by atoms with Gasteiger partial charge in [0.05, 0.1) is 38.6 Å². The second kappa shape index (κ2) is 16.5. The number of ether oxygens (including phenoxy) is 8. The second-order valence-corrected chi connectivity index (χ2v) is 20.6. The Morgan fingerprint density at radius 3 is 2.07 bits per heavy atom. The molecule has 5 saturated heterocycles. The fraction of sp³-hybridized carbons (Fsp3) is 0.977. The van der Waals surface area contributed by atoms with E-state index in [1.807, 2.05) is 0 Å². The Morgan fingerprint density at radius 1 is 0.700 bits per heavy atom. The number of hydrogen-bond acceptors (Lipinski definition) is 17. The minimum absolute atomic E-state index is 0.0760. The molecule has 25 atom stereocenters. The predicted octanol–water partition coefficient (Wildman–Crippen LogP) is -0.276. The molecule has 8 N–H and O–H groups in total. The van der Waals surface area contributed by atoms with Gasteiger partial charge < -0.3 is 78.7 Å². The Bertz CT molecular complexity index is 1550. The largest absolute Gasteiger partial charge is 0.388 e. The van der Waals surface area contributed by atoms with Gasteiger partial charge in [-0.2, -0.15) is 0 Å². The van der Waals surface area contributed by atoms with Gasteiger partial charge in [0.1, 0.15) is 66.8 Å². The van der Waals surface area contributed by atoms with Gasteiger partial charge in [0, 0.05) is 24.7 Å². The first-order chi connectivity index (χ1) is 28.5. The van der Waals surface area contributed by atoms with Gasteiger partial charge in [-0.15, -0.1) is 0 Å². The molecule has 1 spiro atoms. The standard InChI is InChI=1S/C43H68O17/c1-18-5-10-43(56-14-18)19(2)30-28(60-43)13-23-21-12-25(44)24-11-20(6-8-41(24,3)22(21)7-9-42(23,30)4)57-40-36(52)33(49)37(59-39-35(51)32(48)27(46)16-54-39)29(58-40)17-55-38-34(50)31(47)26(45)15-53-38/h18-24,26-40,45-52H,5-17H2,1-4H3/t18-,19+,20+,21?,22?,23?,24-,26-,27-,28?,29-,30?,31?,32+,33-,34+,35-,36-,37-,38+,39+,40-,41-,42+,43-/m1/s1. The van der Waals surface area contributed by atoms with Crippen LogP contribution >= 0.6 is 0 Å². The van der Waals surface area contributed by atoms with Crippen LogP contribution in [0, 0.1) is 52.3 Å². The summed E-state index contributed by atoms with van der Waals surface area (Å²) >= 11 is 0. The zero-order chi connectivity index (χ0) is 42.6. The lowest BCUT2D eigenvalue weighted by Gasteiger charge is -2.60. The summed E-state index contributed by atoms with van der Waals surface area (Å²) in [6, 6.07) is 0. The molecule has 0 bridgehead atoms. The molecule has 0 aromatic rings. The number of fused-ring (bicyclic) bond motifs is 7. The molecule has 0 aromatic heterocycles. The highest BCUT2D eigenvalue weighted by Gasteiger charge is 2.70. The molecule has 17 heteroatoms. The third-order valence-electron chi connectivity index (χ3n) is 17.3. The van der Waals surface area contributed by atoms with Crippen molar-refractivity contribution in [2.24, 2.45) is 52.3 Å². The minimum Gasteiger partial charge on any atom is -0.388 e. The van der Waals surface area contributed by atoms with Gasteiger partial charge in [0.2, 0.25) is 0 Å². The SMILES string of the molecule is C[C@@H]1CC[C@@]2(OC1)OC1CC3C4CC(=O)[C@H]5C[C@@H](O[C@@H]6O[C@H](CO[C@@H]7OC[C@@H](O)C(O)[C@@H]7O)[C@@H](O[C@@H]7OC[C@@H](O)[C@H](O)[C@H]7O)[C@H](O)[C@H]6O)CC[C@]5(C)C4CC[C@]3(C)C1[C@@H]2C. The average molecular weight is 857 g/mol. The smallest absolute Gasteiger partial charge is 0.186 e. The zero-order valence-electron chi connectivity index (χ0n) is 35.1. The van der Waals surface area contributed by atoms with E-state index in [2.05, 4.69) is 27.7 Å². The van der Waals surface area contributed by atoms with Gasteiger partial charge in [-0.25, -0.2) is 0 Å². The number of Topliss-reactive ketones (excluding diaryl/α,β-unsaturated/α-hetero) is 1. The molecule has 17 nitrogen and oxygen atoms in total. The van der Waals surface area contributed by atoms with E-state index in [9.17, 15) is 45.6 Å². The molecule has 9 fully saturated rings. The summed E-state index contributed by atoms with van der Waals surface area (Å²) in [5.74, 6) is 1.79. The lowest BCUT2D eigenvalue weighted by molar-refractivity contribution is -0.361. The molecule has 9 rings (SSSR count). The van der Waals surface area contributed by atoms with Crippen molar-refractivity contribution in [3.05, 3.63) is 0 Å². The van der Waals surface area contributed by atoms with E-state index in [1.165, 1.54) is 0 Å². The van der Waals surface area contributed by atoms with Crippen molar-refractivity contribution >= 4 is 5.78 Å². The van der Waals surface area contributed by atoms with Crippen molar-refractivity contribution in [1.82, 2.24) is 0 Å². The van der Waals surface area contributed by atoms with E-state index >= 15 is 0 Å². The van der Waals surface area contributed by atoms with Crippen molar-refractivity contribution < 1.29 is 83.5 Å². The maximum absolute atomic E-state index is 14.4. The van der Waals surface area contributed by atoms with Crippen LogP contribution in [0.2, 0.25) is 0 Å². The number of rotatable bonds is 7. The average Bonchev–Trinajstić information content (AvgIpc) is 3.67. The molecule has 342 valence electrons. The number of ketones is 1. The molecule has 5 heterocycles. The Morgan fingerprint density at radius 2 is 1.37 bits per heavy atom. The van der Waals surface area contributed by atoms with Crippen molar-refractivity contribution in [2.75, 3.05) is 26.4 Å². The number of carbonyl (C=O) groups excluding carboxylic acids is 1. The third kappa shape index (κ3) is 7.26. The number of hydrogen-bond donors (Lipinski definition) is 8.